The van der Waals surface area contributed by atoms with Crippen LogP contribution in [-0.2, 0) is 23.7 Å². The monoisotopic (exact) mass is 444 g/mol. The number of carbonyl (C=O) groups is 1. The summed E-state index contributed by atoms with van der Waals surface area (Å²) in [7, 11) is 3.31. The SMILES string of the molecule is CCOC(=O)C1(COC2=C(OC)C(OC)CC=C2C2=CCCC3=C2CCC3O)CC(C)C1. The number of ether oxygens (including phenoxy) is 4. The van der Waals surface area contributed by atoms with E-state index >= 15 is 0 Å². The number of hydrogen-bond donors (Lipinski definition) is 1. The topological polar surface area (TPSA) is 74.2 Å². The zero-order chi connectivity index (χ0) is 22.9. The predicted octanol–water partition coefficient (Wildman–Crippen LogP) is 4.36. The van der Waals surface area contributed by atoms with Gasteiger partial charge >= 0.3 is 5.97 Å². The zero-order valence-corrected chi connectivity index (χ0v) is 19.7. The van der Waals surface area contributed by atoms with E-state index in [1.54, 1.807) is 14.2 Å². The van der Waals surface area contributed by atoms with Crippen molar-refractivity contribution in [2.24, 2.45) is 11.3 Å². The number of methoxy groups -OCH3 is 2. The summed E-state index contributed by atoms with van der Waals surface area (Å²) in [5, 5.41) is 10.4. The molecule has 1 saturated carbocycles. The molecule has 2 unspecified atom stereocenters. The Balaban J connectivity index is 1.65. The Morgan fingerprint density at radius 3 is 2.62 bits per heavy atom. The lowest BCUT2D eigenvalue weighted by Gasteiger charge is -2.44. The average molecular weight is 445 g/mol. The summed E-state index contributed by atoms with van der Waals surface area (Å²) in [6.07, 6.45) is 9.49. The predicted molar refractivity (Wildman–Crippen MR) is 121 cm³/mol. The Labute approximate surface area is 190 Å². The second-order valence-electron chi connectivity index (χ2n) is 9.49. The fraction of sp³-hybridized carbons (Fsp3) is 0.654. The maximum absolute atomic E-state index is 12.8. The third kappa shape index (κ3) is 4.03. The second kappa shape index (κ2) is 9.44. The number of aliphatic hydroxyl groups excluding tert-OH is 1. The molecule has 0 saturated heterocycles. The first-order valence-corrected chi connectivity index (χ1v) is 11.9. The van der Waals surface area contributed by atoms with E-state index in [2.05, 4.69) is 19.1 Å². The van der Waals surface area contributed by atoms with Gasteiger partial charge in [0.15, 0.2) is 11.5 Å². The number of rotatable bonds is 8. The number of hydrogen-bond acceptors (Lipinski definition) is 6. The molecule has 1 fully saturated rings. The quantitative estimate of drug-likeness (QED) is 0.561. The summed E-state index contributed by atoms with van der Waals surface area (Å²) in [6.45, 7) is 4.61. The maximum atomic E-state index is 12.8. The van der Waals surface area contributed by atoms with E-state index in [9.17, 15) is 9.90 Å². The molecule has 4 rings (SSSR count). The van der Waals surface area contributed by atoms with Crippen LogP contribution in [0.25, 0.3) is 0 Å². The summed E-state index contributed by atoms with van der Waals surface area (Å²) < 4.78 is 23.3. The van der Waals surface area contributed by atoms with Gasteiger partial charge in [-0.05, 0) is 74.5 Å². The fourth-order valence-corrected chi connectivity index (χ4v) is 5.83. The van der Waals surface area contributed by atoms with Gasteiger partial charge in [0.1, 0.15) is 18.1 Å². The average Bonchev–Trinajstić information content (AvgIpc) is 3.16. The van der Waals surface area contributed by atoms with E-state index in [1.807, 2.05) is 6.92 Å². The maximum Gasteiger partial charge on any atom is 0.315 e. The summed E-state index contributed by atoms with van der Waals surface area (Å²) in [4.78, 5) is 12.8. The van der Waals surface area contributed by atoms with Gasteiger partial charge in [0.2, 0.25) is 0 Å². The van der Waals surface area contributed by atoms with Gasteiger partial charge in [-0.25, -0.2) is 0 Å². The number of aliphatic hydroxyl groups is 1. The molecule has 176 valence electrons. The highest BCUT2D eigenvalue weighted by molar-refractivity contribution is 5.78. The molecular formula is C26H36O6. The van der Waals surface area contributed by atoms with Crippen LogP contribution in [0.5, 0.6) is 0 Å². The van der Waals surface area contributed by atoms with Crippen LogP contribution in [0.1, 0.15) is 58.8 Å². The lowest BCUT2D eigenvalue weighted by molar-refractivity contribution is -0.169. The Morgan fingerprint density at radius 2 is 1.97 bits per heavy atom. The molecule has 6 nitrogen and oxygen atoms in total. The lowest BCUT2D eigenvalue weighted by Crippen LogP contribution is -2.47. The molecule has 0 aliphatic heterocycles. The van der Waals surface area contributed by atoms with Crippen LogP contribution >= 0.6 is 0 Å². The molecule has 4 aliphatic rings. The molecular weight excluding hydrogens is 408 g/mol. The highest BCUT2D eigenvalue weighted by Crippen LogP contribution is 2.49. The van der Waals surface area contributed by atoms with Crippen molar-refractivity contribution in [3.63, 3.8) is 0 Å². The molecule has 0 amide bonds. The Kier molecular flexibility index (Phi) is 6.82. The molecule has 0 heterocycles. The standard InChI is InChI=1S/C26H36O6/c1-5-31-25(28)26(13-16(2)14-26)15-32-23-20(10-12-22(29-3)24(23)30-4)17-7-6-8-19-18(17)9-11-21(19)27/h7,10,16,21-22,27H,5-6,8-9,11-15H2,1-4H3. The van der Waals surface area contributed by atoms with Crippen molar-refractivity contribution in [1.29, 1.82) is 0 Å². The molecule has 0 aromatic rings. The van der Waals surface area contributed by atoms with Gasteiger partial charge in [0, 0.05) is 12.7 Å². The minimum absolute atomic E-state index is 0.178. The van der Waals surface area contributed by atoms with Gasteiger partial charge in [-0.15, -0.1) is 0 Å². The van der Waals surface area contributed by atoms with Crippen molar-refractivity contribution in [1.82, 2.24) is 0 Å². The minimum atomic E-state index is -0.610. The van der Waals surface area contributed by atoms with E-state index in [0.717, 1.165) is 55.2 Å². The largest absolute Gasteiger partial charge is 0.494 e. The summed E-state index contributed by atoms with van der Waals surface area (Å²) in [6, 6.07) is 0. The number of carbonyl (C=O) groups excluding carboxylic acids is 1. The molecule has 4 aliphatic carbocycles. The first-order chi connectivity index (χ1) is 15.4. The van der Waals surface area contributed by atoms with Crippen LogP contribution in [0.2, 0.25) is 0 Å². The van der Waals surface area contributed by atoms with E-state index in [1.165, 1.54) is 5.57 Å². The van der Waals surface area contributed by atoms with Crippen LogP contribution in [-0.4, -0.2) is 50.7 Å². The van der Waals surface area contributed by atoms with Crippen molar-refractivity contribution >= 4 is 5.97 Å². The number of esters is 1. The number of allylic oxidation sites excluding steroid dienone is 3. The minimum Gasteiger partial charge on any atom is -0.494 e. The van der Waals surface area contributed by atoms with Crippen LogP contribution in [0, 0.1) is 11.3 Å². The highest BCUT2D eigenvalue weighted by Gasteiger charge is 2.51. The van der Waals surface area contributed by atoms with Crippen LogP contribution in [0.3, 0.4) is 0 Å². The summed E-state index contributed by atoms with van der Waals surface area (Å²) >= 11 is 0. The van der Waals surface area contributed by atoms with Crippen molar-refractivity contribution in [3.8, 4) is 0 Å². The normalized spacial score (nSPS) is 32.1. The van der Waals surface area contributed by atoms with E-state index in [4.69, 9.17) is 18.9 Å². The first-order valence-electron chi connectivity index (χ1n) is 11.9. The molecule has 0 radical (unpaired) electrons. The van der Waals surface area contributed by atoms with Gasteiger partial charge < -0.3 is 24.1 Å². The molecule has 32 heavy (non-hydrogen) atoms. The van der Waals surface area contributed by atoms with Crippen molar-refractivity contribution in [2.45, 2.75) is 71.0 Å². The Morgan fingerprint density at radius 1 is 1.19 bits per heavy atom. The van der Waals surface area contributed by atoms with Crippen molar-refractivity contribution < 1.29 is 28.8 Å². The fourth-order valence-electron chi connectivity index (χ4n) is 5.83. The second-order valence-corrected chi connectivity index (χ2v) is 9.49. The van der Waals surface area contributed by atoms with Crippen LogP contribution in [0.15, 0.2) is 46.0 Å². The molecule has 6 heteroatoms. The highest BCUT2D eigenvalue weighted by atomic mass is 16.6. The van der Waals surface area contributed by atoms with E-state index < -0.39 is 5.41 Å². The first kappa shape index (κ1) is 23.1. The van der Waals surface area contributed by atoms with Gasteiger partial charge in [-0.1, -0.05) is 19.1 Å². The van der Waals surface area contributed by atoms with Crippen molar-refractivity contribution in [2.75, 3.05) is 27.4 Å². The van der Waals surface area contributed by atoms with Gasteiger partial charge in [-0.3, -0.25) is 4.79 Å². The van der Waals surface area contributed by atoms with Gasteiger partial charge in [0.25, 0.3) is 0 Å². The third-order valence-corrected chi connectivity index (χ3v) is 7.32. The molecule has 0 aromatic heterocycles. The molecule has 1 N–H and O–H groups in total. The smallest absolute Gasteiger partial charge is 0.315 e. The lowest BCUT2D eigenvalue weighted by atomic mass is 9.63. The van der Waals surface area contributed by atoms with E-state index in [0.29, 0.717) is 30.5 Å². The van der Waals surface area contributed by atoms with Gasteiger partial charge in [-0.2, -0.15) is 0 Å². The third-order valence-electron chi connectivity index (χ3n) is 7.32. The van der Waals surface area contributed by atoms with E-state index in [-0.39, 0.29) is 24.8 Å². The van der Waals surface area contributed by atoms with Crippen molar-refractivity contribution in [3.05, 3.63) is 46.0 Å². The Bertz CT molecular complexity index is 871. The molecule has 2 atom stereocenters. The molecule has 0 spiro atoms. The molecule has 0 bridgehead atoms. The van der Waals surface area contributed by atoms with Crippen LogP contribution < -0.4 is 0 Å². The van der Waals surface area contributed by atoms with Gasteiger partial charge in [0.05, 0.1) is 19.8 Å². The zero-order valence-electron chi connectivity index (χ0n) is 19.7. The summed E-state index contributed by atoms with van der Waals surface area (Å²) in [5.41, 5.74) is 3.91. The molecule has 0 aromatic carbocycles. The Hall–Kier alpha value is -2.05. The van der Waals surface area contributed by atoms with Crippen LogP contribution in [0.4, 0.5) is 0 Å². The summed E-state index contributed by atoms with van der Waals surface area (Å²) in [5.74, 6) is 1.60.